The quantitative estimate of drug-likeness (QED) is 0.630. The average molecular weight is 388 g/mol. The van der Waals surface area contributed by atoms with Crippen LogP contribution >= 0.6 is 0 Å². The topological polar surface area (TPSA) is 58.6 Å². The summed E-state index contributed by atoms with van der Waals surface area (Å²) in [7, 11) is 0. The van der Waals surface area contributed by atoms with E-state index in [1.807, 2.05) is 42.5 Å². The van der Waals surface area contributed by atoms with Crippen LogP contribution in [0.2, 0.25) is 0 Å². The van der Waals surface area contributed by atoms with Crippen LogP contribution in [0.25, 0.3) is 10.8 Å². The van der Waals surface area contributed by atoms with Crippen LogP contribution in [0, 0.1) is 0 Å². The van der Waals surface area contributed by atoms with Crippen molar-refractivity contribution < 1.29 is 14.3 Å². The number of ether oxygens (including phenoxy) is 1. The summed E-state index contributed by atoms with van der Waals surface area (Å²) in [5.74, 6) is 0.485. The minimum Gasteiger partial charge on any atom is -0.483 e. The Morgan fingerprint density at radius 2 is 1.79 bits per heavy atom. The fraction of sp³-hybridized carbons (Fsp3) is 0.250. The molecule has 0 aliphatic carbocycles. The molecule has 0 radical (unpaired) electrons. The van der Waals surface area contributed by atoms with Gasteiger partial charge in [-0.15, -0.1) is 0 Å². The molecular formula is C24H24N2O3. The number of likely N-dealkylation sites (tertiary alicyclic amines) is 1. The third kappa shape index (κ3) is 4.63. The highest BCUT2D eigenvalue weighted by molar-refractivity contribution is 6.01. The maximum absolute atomic E-state index is 12.4. The summed E-state index contributed by atoms with van der Waals surface area (Å²) in [6, 6.07) is 21.5. The molecule has 1 N–H and O–H groups in total. The number of fused-ring (bicyclic) bond motifs is 1. The van der Waals surface area contributed by atoms with Crippen LogP contribution in [0.1, 0.15) is 22.3 Å². The molecule has 29 heavy (non-hydrogen) atoms. The lowest BCUT2D eigenvalue weighted by Gasteiger charge is -2.17. The summed E-state index contributed by atoms with van der Waals surface area (Å²) in [6.07, 6.45) is 1.77. The predicted octanol–water partition coefficient (Wildman–Crippen LogP) is 3.42. The van der Waals surface area contributed by atoms with Crippen molar-refractivity contribution in [3.8, 4) is 5.75 Å². The molecule has 1 saturated heterocycles. The third-order valence-electron chi connectivity index (χ3n) is 5.29. The Morgan fingerprint density at radius 3 is 2.59 bits per heavy atom. The van der Waals surface area contributed by atoms with Gasteiger partial charge >= 0.3 is 0 Å². The van der Waals surface area contributed by atoms with Crippen LogP contribution in [-0.2, 0) is 11.3 Å². The van der Waals surface area contributed by atoms with E-state index in [4.69, 9.17) is 4.74 Å². The highest BCUT2D eigenvalue weighted by Gasteiger charge is 2.24. The van der Waals surface area contributed by atoms with Gasteiger partial charge in [-0.2, -0.15) is 0 Å². The molecule has 1 amide bonds. The van der Waals surface area contributed by atoms with Crippen molar-refractivity contribution in [2.75, 3.05) is 19.7 Å². The molecular weight excluding hydrogens is 364 g/mol. The summed E-state index contributed by atoms with van der Waals surface area (Å²) in [5, 5.41) is 4.73. The lowest BCUT2D eigenvalue weighted by molar-refractivity contribution is -0.123. The van der Waals surface area contributed by atoms with Crippen molar-refractivity contribution in [1.82, 2.24) is 10.2 Å². The smallest absolute Gasteiger partial charge is 0.258 e. The van der Waals surface area contributed by atoms with Gasteiger partial charge in [0.2, 0.25) is 0 Å². The largest absolute Gasteiger partial charge is 0.483 e. The maximum Gasteiger partial charge on any atom is 0.258 e. The van der Waals surface area contributed by atoms with Crippen LogP contribution in [0.5, 0.6) is 5.75 Å². The first kappa shape index (κ1) is 19.2. The van der Waals surface area contributed by atoms with Crippen LogP contribution in [0.15, 0.2) is 66.7 Å². The van der Waals surface area contributed by atoms with E-state index in [1.54, 1.807) is 12.1 Å². The van der Waals surface area contributed by atoms with E-state index in [0.717, 1.165) is 43.1 Å². The lowest BCUT2D eigenvalue weighted by atomic mass is 10.0. The molecule has 0 spiro atoms. The van der Waals surface area contributed by atoms with E-state index in [1.165, 1.54) is 5.56 Å². The maximum atomic E-state index is 12.4. The lowest BCUT2D eigenvalue weighted by Crippen LogP contribution is -2.39. The van der Waals surface area contributed by atoms with Gasteiger partial charge in [-0.3, -0.25) is 14.5 Å². The summed E-state index contributed by atoms with van der Waals surface area (Å²) in [6.45, 7) is 2.68. The van der Waals surface area contributed by atoms with Crippen molar-refractivity contribution in [3.05, 3.63) is 77.9 Å². The molecule has 1 aliphatic rings. The van der Waals surface area contributed by atoms with E-state index in [-0.39, 0.29) is 18.6 Å². The molecule has 1 heterocycles. The second-order valence-corrected chi connectivity index (χ2v) is 7.38. The number of aldehydes is 1. The van der Waals surface area contributed by atoms with Gasteiger partial charge in [-0.05, 0) is 29.5 Å². The Hall–Kier alpha value is -3.18. The van der Waals surface area contributed by atoms with Crippen LogP contribution in [0.3, 0.4) is 0 Å². The number of carbonyl (C=O) groups excluding carboxylic acids is 2. The molecule has 1 atom stereocenters. The monoisotopic (exact) mass is 388 g/mol. The van der Waals surface area contributed by atoms with Gasteiger partial charge in [0.1, 0.15) is 5.75 Å². The molecule has 1 aliphatic heterocycles. The first-order valence-corrected chi connectivity index (χ1v) is 9.88. The minimum absolute atomic E-state index is 0.0420. The van der Waals surface area contributed by atoms with Gasteiger partial charge in [0.05, 0.1) is 0 Å². The number of nitrogens with zero attached hydrogens (tertiary/aromatic N) is 1. The molecule has 3 aromatic carbocycles. The van der Waals surface area contributed by atoms with Crippen molar-refractivity contribution in [2.45, 2.75) is 19.0 Å². The average Bonchev–Trinajstić information content (AvgIpc) is 3.19. The number of hydrogen-bond donors (Lipinski definition) is 1. The number of nitrogens with one attached hydrogen (secondary N) is 1. The summed E-state index contributed by atoms with van der Waals surface area (Å²) < 4.78 is 5.77. The number of benzene rings is 3. The van der Waals surface area contributed by atoms with Gasteiger partial charge in [0, 0.05) is 36.6 Å². The summed E-state index contributed by atoms with van der Waals surface area (Å²) in [5.41, 5.74) is 1.90. The van der Waals surface area contributed by atoms with Crippen molar-refractivity contribution in [3.63, 3.8) is 0 Å². The molecule has 5 nitrogen and oxygen atoms in total. The van der Waals surface area contributed by atoms with Crippen molar-refractivity contribution in [1.29, 1.82) is 0 Å². The Bertz CT molecular complexity index is 1000. The summed E-state index contributed by atoms with van der Waals surface area (Å²) >= 11 is 0. The molecule has 3 aromatic rings. The van der Waals surface area contributed by atoms with Crippen molar-refractivity contribution in [2.24, 2.45) is 0 Å². The Kier molecular flexibility index (Phi) is 5.86. The van der Waals surface area contributed by atoms with Gasteiger partial charge in [0.15, 0.2) is 12.9 Å². The summed E-state index contributed by atoms with van der Waals surface area (Å²) in [4.78, 5) is 26.0. The zero-order valence-corrected chi connectivity index (χ0v) is 16.2. The Morgan fingerprint density at radius 1 is 1.03 bits per heavy atom. The number of amides is 1. The fourth-order valence-corrected chi connectivity index (χ4v) is 3.87. The van der Waals surface area contributed by atoms with Crippen LogP contribution in [-0.4, -0.2) is 42.8 Å². The fourth-order valence-electron chi connectivity index (χ4n) is 3.87. The molecule has 148 valence electrons. The molecule has 0 aromatic heterocycles. The first-order valence-electron chi connectivity index (χ1n) is 9.88. The SMILES string of the molecule is O=Cc1ccc(OCC(=O)NC2CCN(Cc3ccccc3)C2)c2ccccc12. The van der Waals surface area contributed by atoms with Gasteiger partial charge in [-0.25, -0.2) is 0 Å². The molecule has 0 bridgehead atoms. The zero-order valence-electron chi connectivity index (χ0n) is 16.2. The van der Waals surface area contributed by atoms with E-state index in [9.17, 15) is 9.59 Å². The van der Waals surface area contributed by atoms with Crippen molar-refractivity contribution >= 4 is 23.0 Å². The first-order chi connectivity index (χ1) is 14.2. The second kappa shape index (κ2) is 8.88. The van der Waals surface area contributed by atoms with Gasteiger partial charge in [-0.1, -0.05) is 54.6 Å². The normalized spacial score (nSPS) is 16.6. The predicted molar refractivity (Wildman–Crippen MR) is 113 cm³/mol. The highest BCUT2D eigenvalue weighted by Crippen LogP contribution is 2.27. The minimum atomic E-state index is -0.125. The second-order valence-electron chi connectivity index (χ2n) is 7.38. The number of carbonyl (C=O) groups is 2. The molecule has 4 rings (SSSR count). The van der Waals surface area contributed by atoms with Gasteiger partial charge in [0.25, 0.3) is 5.91 Å². The van der Waals surface area contributed by atoms with E-state index < -0.39 is 0 Å². The van der Waals surface area contributed by atoms with E-state index in [2.05, 4.69) is 22.3 Å². The Labute approximate surface area is 170 Å². The third-order valence-corrected chi connectivity index (χ3v) is 5.29. The molecule has 5 heteroatoms. The zero-order chi connectivity index (χ0) is 20.1. The Balaban J connectivity index is 1.31. The van der Waals surface area contributed by atoms with Gasteiger partial charge < -0.3 is 10.1 Å². The highest BCUT2D eigenvalue weighted by atomic mass is 16.5. The molecule has 1 unspecified atom stereocenters. The molecule has 0 saturated carbocycles. The molecule has 1 fully saturated rings. The van der Waals surface area contributed by atoms with Crippen LogP contribution < -0.4 is 10.1 Å². The van der Waals surface area contributed by atoms with Crippen LogP contribution in [0.4, 0.5) is 0 Å². The number of hydrogen-bond acceptors (Lipinski definition) is 4. The standard InChI is InChI=1S/C24H24N2O3/c27-16-19-10-11-23(22-9-5-4-8-21(19)22)29-17-24(28)25-20-12-13-26(15-20)14-18-6-2-1-3-7-18/h1-11,16,20H,12-15,17H2,(H,25,28). The van der Waals surface area contributed by atoms with E-state index >= 15 is 0 Å². The van der Waals surface area contributed by atoms with E-state index in [0.29, 0.717) is 11.3 Å². The number of rotatable bonds is 7.